The summed E-state index contributed by atoms with van der Waals surface area (Å²) in [5, 5.41) is 6.56. The molecule has 0 spiro atoms. The van der Waals surface area contributed by atoms with Crippen LogP contribution in [0.15, 0.2) is 36.4 Å². The summed E-state index contributed by atoms with van der Waals surface area (Å²) in [6, 6.07) is 10.2. The number of halogens is 2. The largest absolute Gasteiger partial charge is 0.335 e. The van der Waals surface area contributed by atoms with Gasteiger partial charge in [-0.25, -0.2) is 0 Å². The van der Waals surface area contributed by atoms with Crippen molar-refractivity contribution in [3.05, 3.63) is 57.6 Å². The molecule has 2 N–H and O–H groups in total. The Kier molecular flexibility index (Phi) is 8.35. The van der Waals surface area contributed by atoms with Crippen LogP contribution in [-0.4, -0.2) is 60.2 Å². The number of rotatable bonds is 7. The van der Waals surface area contributed by atoms with Crippen LogP contribution in [0, 0.1) is 13.8 Å². The van der Waals surface area contributed by atoms with E-state index < -0.39 is 6.04 Å². The maximum Gasteiger partial charge on any atom is 0.243 e. The van der Waals surface area contributed by atoms with Crippen LogP contribution in [0.4, 0.5) is 11.4 Å². The SMILES string of the molecule is Cc1cccc(C)c1NC(=O)CN(C)C(=O)CN1CCCC1C(=O)Nc1cc(Cl)ccc1Cl. The van der Waals surface area contributed by atoms with Crippen LogP contribution in [0.25, 0.3) is 0 Å². The van der Waals surface area contributed by atoms with Crippen molar-refractivity contribution in [2.45, 2.75) is 32.7 Å². The lowest BCUT2D eigenvalue weighted by Gasteiger charge is -2.26. The van der Waals surface area contributed by atoms with Gasteiger partial charge in [0.1, 0.15) is 0 Å². The molecule has 33 heavy (non-hydrogen) atoms. The van der Waals surface area contributed by atoms with Crippen LogP contribution >= 0.6 is 23.2 Å². The molecule has 1 aliphatic rings. The van der Waals surface area contributed by atoms with E-state index >= 15 is 0 Å². The monoisotopic (exact) mass is 490 g/mol. The van der Waals surface area contributed by atoms with Crippen molar-refractivity contribution < 1.29 is 14.4 Å². The van der Waals surface area contributed by atoms with Gasteiger partial charge in [0.15, 0.2) is 0 Å². The molecular formula is C24H28Cl2N4O3. The summed E-state index contributed by atoms with van der Waals surface area (Å²) in [5.41, 5.74) is 3.12. The predicted molar refractivity (Wildman–Crippen MR) is 132 cm³/mol. The van der Waals surface area contributed by atoms with Gasteiger partial charge >= 0.3 is 0 Å². The minimum atomic E-state index is -0.458. The predicted octanol–water partition coefficient (Wildman–Crippen LogP) is 4.11. The molecule has 0 radical (unpaired) electrons. The van der Waals surface area contributed by atoms with Gasteiger partial charge in [-0.2, -0.15) is 0 Å². The summed E-state index contributed by atoms with van der Waals surface area (Å²) in [5.74, 6) is -0.735. The summed E-state index contributed by atoms with van der Waals surface area (Å²) in [6.45, 7) is 4.44. The molecule has 1 unspecified atom stereocenters. The van der Waals surface area contributed by atoms with Gasteiger partial charge < -0.3 is 15.5 Å². The Morgan fingerprint density at radius 2 is 1.79 bits per heavy atom. The van der Waals surface area contributed by atoms with Crippen LogP contribution in [0.5, 0.6) is 0 Å². The topological polar surface area (TPSA) is 81.8 Å². The van der Waals surface area contributed by atoms with E-state index in [1.54, 1.807) is 25.2 Å². The fourth-order valence-electron chi connectivity index (χ4n) is 3.91. The molecule has 1 atom stereocenters. The molecule has 2 aromatic carbocycles. The highest BCUT2D eigenvalue weighted by Gasteiger charge is 2.33. The minimum Gasteiger partial charge on any atom is -0.335 e. The van der Waals surface area contributed by atoms with E-state index in [4.69, 9.17) is 23.2 Å². The van der Waals surface area contributed by atoms with Crippen molar-refractivity contribution in [1.82, 2.24) is 9.80 Å². The van der Waals surface area contributed by atoms with Gasteiger partial charge in [-0.15, -0.1) is 0 Å². The average molecular weight is 491 g/mol. The minimum absolute atomic E-state index is 0.0501. The second kappa shape index (κ2) is 11.0. The Morgan fingerprint density at radius 1 is 1.09 bits per heavy atom. The highest BCUT2D eigenvalue weighted by Crippen LogP contribution is 2.27. The van der Waals surface area contributed by atoms with E-state index in [1.807, 2.05) is 36.9 Å². The summed E-state index contributed by atoms with van der Waals surface area (Å²) in [7, 11) is 1.59. The number of anilines is 2. The zero-order chi connectivity index (χ0) is 24.1. The molecule has 3 amide bonds. The molecule has 9 heteroatoms. The molecule has 1 aliphatic heterocycles. The Morgan fingerprint density at radius 3 is 2.48 bits per heavy atom. The molecule has 176 valence electrons. The van der Waals surface area contributed by atoms with Crippen molar-refractivity contribution >= 4 is 52.3 Å². The number of likely N-dealkylation sites (N-methyl/N-ethyl adjacent to an activating group) is 1. The highest BCUT2D eigenvalue weighted by atomic mass is 35.5. The second-order valence-corrected chi connectivity index (χ2v) is 9.15. The smallest absolute Gasteiger partial charge is 0.243 e. The van der Waals surface area contributed by atoms with Crippen LogP contribution < -0.4 is 10.6 Å². The first-order valence-electron chi connectivity index (χ1n) is 10.8. The van der Waals surface area contributed by atoms with Gasteiger partial charge in [-0.1, -0.05) is 41.4 Å². The molecule has 1 fully saturated rings. The van der Waals surface area contributed by atoms with Gasteiger partial charge in [0.05, 0.1) is 29.8 Å². The number of hydrogen-bond acceptors (Lipinski definition) is 4. The number of para-hydroxylation sites is 1. The van der Waals surface area contributed by atoms with Crippen LogP contribution in [0.2, 0.25) is 10.0 Å². The third-order valence-electron chi connectivity index (χ3n) is 5.74. The van der Waals surface area contributed by atoms with Crippen molar-refractivity contribution in [2.75, 3.05) is 37.3 Å². The fourth-order valence-corrected chi connectivity index (χ4v) is 4.25. The Balaban J connectivity index is 1.56. The van der Waals surface area contributed by atoms with Crippen LogP contribution in [0.1, 0.15) is 24.0 Å². The standard InChI is InChI=1S/C24H28Cl2N4O3/c1-15-6-4-7-16(2)23(15)28-21(31)13-29(3)22(32)14-30-11-5-8-20(30)24(33)27-19-12-17(25)9-10-18(19)26/h4,6-7,9-10,12,20H,5,8,11,13-14H2,1-3H3,(H,27,33)(H,28,31). The van der Waals surface area contributed by atoms with E-state index in [9.17, 15) is 14.4 Å². The maximum absolute atomic E-state index is 12.8. The Bertz CT molecular complexity index is 1040. The van der Waals surface area contributed by atoms with Gasteiger partial charge in [0.2, 0.25) is 17.7 Å². The van der Waals surface area contributed by atoms with Gasteiger partial charge in [-0.3, -0.25) is 19.3 Å². The molecule has 0 bridgehead atoms. The number of carbonyl (C=O) groups is 3. The Labute approximate surface area is 204 Å². The number of carbonyl (C=O) groups excluding carboxylic acids is 3. The van der Waals surface area contributed by atoms with Gasteiger partial charge in [0.25, 0.3) is 0 Å². The fraction of sp³-hybridized carbons (Fsp3) is 0.375. The van der Waals surface area contributed by atoms with Crippen molar-refractivity contribution in [3.8, 4) is 0 Å². The van der Waals surface area contributed by atoms with Gasteiger partial charge in [-0.05, 0) is 62.6 Å². The summed E-state index contributed by atoms with van der Waals surface area (Å²) in [6.07, 6.45) is 1.43. The third-order valence-corrected chi connectivity index (χ3v) is 6.31. The normalized spacial score (nSPS) is 15.8. The van der Waals surface area contributed by atoms with E-state index in [1.165, 1.54) is 4.90 Å². The molecule has 1 heterocycles. The molecule has 2 aromatic rings. The van der Waals surface area contributed by atoms with E-state index in [2.05, 4.69) is 10.6 Å². The molecule has 0 saturated carbocycles. The summed E-state index contributed by atoms with van der Waals surface area (Å²) in [4.78, 5) is 41.3. The lowest BCUT2D eigenvalue weighted by Crippen LogP contribution is -2.46. The molecule has 7 nitrogen and oxygen atoms in total. The number of benzene rings is 2. The van der Waals surface area contributed by atoms with Gasteiger partial charge in [0, 0.05) is 17.8 Å². The second-order valence-electron chi connectivity index (χ2n) is 8.31. The number of nitrogens with one attached hydrogen (secondary N) is 2. The molecular weight excluding hydrogens is 463 g/mol. The lowest BCUT2D eigenvalue weighted by atomic mass is 10.1. The van der Waals surface area contributed by atoms with E-state index in [-0.39, 0.29) is 30.8 Å². The quantitative estimate of drug-likeness (QED) is 0.611. The van der Waals surface area contributed by atoms with Crippen LogP contribution in [-0.2, 0) is 14.4 Å². The zero-order valence-corrected chi connectivity index (χ0v) is 20.5. The molecule has 0 aromatic heterocycles. The third kappa shape index (κ3) is 6.47. The summed E-state index contributed by atoms with van der Waals surface area (Å²) < 4.78 is 0. The molecule has 0 aliphatic carbocycles. The average Bonchev–Trinajstić information content (AvgIpc) is 3.21. The first-order valence-corrected chi connectivity index (χ1v) is 11.5. The van der Waals surface area contributed by atoms with Crippen molar-refractivity contribution in [1.29, 1.82) is 0 Å². The van der Waals surface area contributed by atoms with E-state index in [0.717, 1.165) is 23.2 Å². The number of nitrogens with zero attached hydrogens (tertiary/aromatic N) is 2. The lowest BCUT2D eigenvalue weighted by molar-refractivity contribution is -0.135. The number of amides is 3. The zero-order valence-electron chi connectivity index (χ0n) is 19.0. The van der Waals surface area contributed by atoms with Crippen molar-refractivity contribution in [3.63, 3.8) is 0 Å². The molecule has 3 rings (SSSR count). The first-order chi connectivity index (χ1) is 15.7. The summed E-state index contributed by atoms with van der Waals surface area (Å²) >= 11 is 12.1. The highest BCUT2D eigenvalue weighted by molar-refractivity contribution is 6.35. The first kappa shape index (κ1) is 25.0. The molecule has 1 saturated heterocycles. The number of likely N-dealkylation sites (tertiary alicyclic amines) is 1. The Hall–Kier alpha value is -2.61. The number of aryl methyl sites for hydroxylation is 2. The van der Waals surface area contributed by atoms with Crippen LogP contribution in [0.3, 0.4) is 0 Å². The van der Waals surface area contributed by atoms with Crippen molar-refractivity contribution in [2.24, 2.45) is 0 Å². The maximum atomic E-state index is 12.8. The van der Waals surface area contributed by atoms with E-state index in [0.29, 0.717) is 28.7 Å². The number of hydrogen-bond donors (Lipinski definition) is 2.